The van der Waals surface area contributed by atoms with Gasteiger partial charge in [-0.15, -0.1) is 11.3 Å². The summed E-state index contributed by atoms with van der Waals surface area (Å²) in [6, 6.07) is 8.99. The van der Waals surface area contributed by atoms with E-state index in [1.165, 1.54) is 13.1 Å². The molecule has 2 aromatic heterocycles. The second kappa shape index (κ2) is 7.31. The molecule has 1 aromatic carbocycles. The molecule has 0 fully saturated rings. The van der Waals surface area contributed by atoms with E-state index in [9.17, 15) is 13.2 Å². The fraction of sp³-hybridized carbons (Fsp3) is 0.125. The third kappa shape index (κ3) is 3.73. The van der Waals surface area contributed by atoms with Crippen molar-refractivity contribution in [3.63, 3.8) is 0 Å². The van der Waals surface area contributed by atoms with Gasteiger partial charge >= 0.3 is 0 Å². The summed E-state index contributed by atoms with van der Waals surface area (Å²) in [5.74, 6) is 0.113. The Balaban J connectivity index is 1.76. The summed E-state index contributed by atoms with van der Waals surface area (Å²) in [4.78, 5) is 16.7. The minimum absolute atomic E-state index is 0.0684. The Labute approximate surface area is 162 Å². The van der Waals surface area contributed by atoms with Gasteiger partial charge in [-0.05, 0) is 52.1 Å². The lowest BCUT2D eigenvalue weighted by molar-refractivity contribution is 0.0955. The molecule has 0 atom stereocenters. The molecule has 1 amide bonds. The van der Waals surface area contributed by atoms with E-state index in [1.807, 2.05) is 24.3 Å². The van der Waals surface area contributed by atoms with Crippen molar-refractivity contribution >= 4 is 59.8 Å². The third-order valence-electron chi connectivity index (χ3n) is 3.70. The molecule has 0 radical (unpaired) electrons. The molecule has 0 saturated heterocycles. The van der Waals surface area contributed by atoms with Crippen LogP contribution in [0.5, 0.6) is 0 Å². The van der Waals surface area contributed by atoms with Gasteiger partial charge in [-0.1, -0.05) is 12.1 Å². The molecule has 136 valence electrons. The molecule has 0 aliphatic rings. The van der Waals surface area contributed by atoms with Gasteiger partial charge in [-0.2, -0.15) is 0 Å². The summed E-state index contributed by atoms with van der Waals surface area (Å²) in [6.45, 7) is 0.306. The Morgan fingerprint density at radius 1 is 1.31 bits per heavy atom. The van der Waals surface area contributed by atoms with Crippen LogP contribution in [0.4, 0.5) is 5.82 Å². The number of sulfonamides is 1. The lowest BCUT2D eigenvalue weighted by atomic mass is 10.1. The first-order valence-electron chi connectivity index (χ1n) is 7.46. The van der Waals surface area contributed by atoms with Gasteiger partial charge in [-0.25, -0.2) is 18.1 Å². The Bertz CT molecular complexity index is 1100. The zero-order valence-electron chi connectivity index (χ0n) is 13.6. The minimum Gasteiger partial charge on any atom is -0.383 e. The number of nitrogens with zero attached hydrogens (tertiary/aromatic N) is 1. The molecule has 3 rings (SSSR count). The molecule has 0 bridgehead atoms. The Kier molecular flexibility index (Phi) is 5.28. The highest BCUT2D eigenvalue weighted by Crippen LogP contribution is 2.31. The van der Waals surface area contributed by atoms with E-state index in [4.69, 9.17) is 5.73 Å². The Morgan fingerprint density at radius 2 is 2.08 bits per heavy atom. The molecular formula is C16H15BrN4O3S2. The molecule has 10 heteroatoms. The maximum absolute atomic E-state index is 12.3. The third-order valence-corrected chi connectivity index (χ3v) is 7.94. The van der Waals surface area contributed by atoms with Crippen LogP contribution in [0.3, 0.4) is 0 Å². The highest BCUT2D eigenvalue weighted by Gasteiger charge is 2.22. The van der Waals surface area contributed by atoms with Crippen LogP contribution in [0, 0.1) is 0 Å². The number of nitrogens with one attached hydrogen (secondary N) is 2. The van der Waals surface area contributed by atoms with Gasteiger partial charge in [0, 0.05) is 22.6 Å². The molecule has 0 saturated carbocycles. The zero-order valence-corrected chi connectivity index (χ0v) is 16.8. The molecule has 0 aliphatic heterocycles. The van der Waals surface area contributed by atoms with Crippen molar-refractivity contribution in [1.82, 2.24) is 15.0 Å². The predicted molar refractivity (Wildman–Crippen MR) is 106 cm³/mol. The predicted octanol–water partition coefficient (Wildman–Crippen LogP) is 2.48. The summed E-state index contributed by atoms with van der Waals surface area (Å²) < 4.78 is 26.5. The maximum atomic E-state index is 12.3. The van der Waals surface area contributed by atoms with Crippen LogP contribution in [-0.4, -0.2) is 26.4 Å². The highest BCUT2D eigenvalue weighted by molar-refractivity contribution is 9.10. The van der Waals surface area contributed by atoms with Crippen molar-refractivity contribution in [3.8, 4) is 0 Å². The number of anilines is 1. The van der Waals surface area contributed by atoms with Crippen LogP contribution >= 0.6 is 27.3 Å². The Hall–Kier alpha value is -2.01. The number of nitrogens with two attached hydrogens (primary N) is 1. The molecule has 0 aliphatic carbocycles. The normalized spacial score (nSPS) is 11.6. The monoisotopic (exact) mass is 454 g/mol. The lowest BCUT2D eigenvalue weighted by Crippen LogP contribution is -2.21. The van der Waals surface area contributed by atoms with Crippen molar-refractivity contribution < 1.29 is 13.2 Å². The van der Waals surface area contributed by atoms with E-state index in [-0.39, 0.29) is 10.1 Å². The van der Waals surface area contributed by atoms with Crippen molar-refractivity contribution in [2.75, 3.05) is 12.8 Å². The van der Waals surface area contributed by atoms with Gasteiger partial charge in [0.1, 0.15) is 10.0 Å². The number of amides is 1. The number of rotatable bonds is 5. The number of halogens is 1. The number of carbonyl (C=O) groups is 1. The lowest BCUT2D eigenvalue weighted by Gasteiger charge is -2.06. The molecule has 3 aromatic rings. The van der Waals surface area contributed by atoms with Gasteiger partial charge in [0.2, 0.25) is 0 Å². The summed E-state index contributed by atoms with van der Waals surface area (Å²) in [6.07, 6.45) is 1.63. The largest absolute Gasteiger partial charge is 0.383 e. The van der Waals surface area contributed by atoms with E-state index in [0.29, 0.717) is 21.7 Å². The first-order chi connectivity index (χ1) is 12.3. The average Bonchev–Trinajstić information content (AvgIpc) is 3.02. The zero-order chi connectivity index (χ0) is 18.9. The van der Waals surface area contributed by atoms with E-state index in [0.717, 1.165) is 27.7 Å². The smallest absolute Gasteiger partial charge is 0.261 e. The van der Waals surface area contributed by atoms with Crippen molar-refractivity contribution in [3.05, 3.63) is 51.4 Å². The number of hydrogen-bond donors (Lipinski definition) is 3. The number of benzene rings is 1. The fourth-order valence-corrected chi connectivity index (χ4v) is 5.79. The van der Waals surface area contributed by atoms with Gasteiger partial charge < -0.3 is 11.1 Å². The molecule has 4 N–H and O–H groups in total. The van der Waals surface area contributed by atoms with Gasteiger partial charge in [-0.3, -0.25) is 4.79 Å². The second-order valence-electron chi connectivity index (χ2n) is 5.39. The van der Waals surface area contributed by atoms with Crippen LogP contribution in [0.1, 0.15) is 15.2 Å². The van der Waals surface area contributed by atoms with Crippen molar-refractivity contribution in [2.24, 2.45) is 0 Å². The quantitative estimate of drug-likeness (QED) is 0.547. The second-order valence-corrected chi connectivity index (χ2v) is 9.38. The number of aromatic nitrogens is 1. The summed E-state index contributed by atoms with van der Waals surface area (Å²) in [7, 11) is -2.29. The van der Waals surface area contributed by atoms with Crippen LogP contribution in [0.15, 0.2) is 45.2 Å². The van der Waals surface area contributed by atoms with Crippen LogP contribution in [-0.2, 0) is 16.6 Å². The molecule has 0 spiro atoms. The molecule has 7 nitrogen and oxygen atoms in total. The number of hydrogen-bond acceptors (Lipinski definition) is 6. The Morgan fingerprint density at radius 3 is 2.81 bits per heavy atom. The molecule has 2 heterocycles. The van der Waals surface area contributed by atoms with Gasteiger partial charge in [0.15, 0.2) is 0 Å². The number of fused-ring (bicyclic) bond motifs is 1. The first kappa shape index (κ1) is 18.8. The SMILES string of the molecule is CNS(=O)(=O)c1sc(C(=O)NCc2ccc3c(N)nccc3c2)cc1Br. The summed E-state index contributed by atoms with van der Waals surface area (Å²) in [5.41, 5.74) is 6.73. The maximum Gasteiger partial charge on any atom is 0.261 e. The van der Waals surface area contributed by atoms with Crippen LogP contribution in [0.2, 0.25) is 0 Å². The standard InChI is InChI=1S/C16H15BrN4O3S2/c1-19-26(23,24)16-12(17)7-13(25-16)15(22)21-8-9-2-3-11-10(6-9)4-5-20-14(11)18/h2-7,19H,8H2,1H3,(H2,18,20)(H,21,22). The van der Waals surface area contributed by atoms with Crippen LogP contribution in [0.25, 0.3) is 10.8 Å². The van der Waals surface area contributed by atoms with E-state index in [1.54, 1.807) is 6.20 Å². The van der Waals surface area contributed by atoms with Gasteiger partial charge in [0.05, 0.1) is 4.88 Å². The van der Waals surface area contributed by atoms with Crippen molar-refractivity contribution in [1.29, 1.82) is 0 Å². The topological polar surface area (TPSA) is 114 Å². The fourth-order valence-electron chi connectivity index (χ4n) is 2.37. The summed E-state index contributed by atoms with van der Waals surface area (Å²) >= 11 is 4.09. The first-order valence-corrected chi connectivity index (χ1v) is 10.6. The van der Waals surface area contributed by atoms with E-state index in [2.05, 4.69) is 31.0 Å². The van der Waals surface area contributed by atoms with E-state index >= 15 is 0 Å². The molecule has 0 unspecified atom stereocenters. The number of nitrogen functional groups attached to an aromatic ring is 1. The van der Waals surface area contributed by atoms with Crippen LogP contribution < -0.4 is 15.8 Å². The molecule has 26 heavy (non-hydrogen) atoms. The number of pyridine rings is 1. The minimum atomic E-state index is -3.61. The van der Waals surface area contributed by atoms with Gasteiger partial charge in [0.25, 0.3) is 15.9 Å². The van der Waals surface area contributed by atoms with E-state index < -0.39 is 10.0 Å². The number of carbonyl (C=O) groups excluding carboxylic acids is 1. The molecular weight excluding hydrogens is 440 g/mol. The number of thiophene rings is 1. The van der Waals surface area contributed by atoms with Crippen molar-refractivity contribution in [2.45, 2.75) is 10.8 Å². The summed E-state index contributed by atoms with van der Waals surface area (Å²) in [5, 5.41) is 4.58. The average molecular weight is 455 g/mol. The highest BCUT2D eigenvalue weighted by atomic mass is 79.9.